The zero-order valence-corrected chi connectivity index (χ0v) is 18.4. The van der Waals surface area contributed by atoms with Crippen LogP contribution >= 0.6 is 0 Å². The molecule has 1 spiro atoms. The number of ketones is 1. The molecule has 0 saturated heterocycles. The average Bonchev–Trinajstić information content (AvgIpc) is 2.70. The molecule has 5 rings (SSSR count). The highest BCUT2D eigenvalue weighted by atomic mass is 16.5. The summed E-state index contributed by atoms with van der Waals surface area (Å²) < 4.78 is 11.1. The molecule has 0 aromatic rings. The quantitative estimate of drug-likeness (QED) is 0.557. The third-order valence-electron chi connectivity index (χ3n) is 9.08. The number of esters is 2. The molecule has 0 aromatic heterocycles. The van der Waals surface area contributed by atoms with Gasteiger partial charge in [0.25, 0.3) is 0 Å². The molecule has 2 unspecified atom stereocenters. The van der Waals surface area contributed by atoms with E-state index in [1.807, 2.05) is 0 Å². The third kappa shape index (κ3) is 2.89. The summed E-state index contributed by atoms with van der Waals surface area (Å²) in [6.07, 6.45) is 4.72. The maximum absolute atomic E-state index is 13.4. The molecule has 0 aromatic carbocycles. The van der Waals surface area contributed by atoms with Gasteiger partial charge in [0.05, 0.1) is 24.7 Å². The summed E-state index contributed by atoms with van der Waals surface area (Å²) >= 11 is 0. The summed E-state index contributed by atoms with van der Waals surface area (Å²) in [7, 11) is 0. The van der Waals surface area contributed by atoms with Crippen LogP contribution in [0.3, 0.4) is 0 Å². The topological polar surface area (TPSA) is 89.9 Å². The lowest BCUT2D eigenvalue weighted by Crippen LogP contribution is -2.70. The lowest BCUT2D eigenvalue weighted by Gasteiger charge is -2.68. The van der Waals surface area contributed by atoms with E-state index in [-0.39, 0.29) is 54.1 Å². The van der Waals surface area contributed by atoms with Crippen molar-refractivity contribution in [2.45, 2.75) is 71.8 Å². The van der Waals surface area contributed by atoms with Gasteiger partial charge in [-0.05, 0) is 61.9 Å². The minimum Gasteiger partial charge on any atom is -0.465 e. The smallest absolute Gasteiger partial charge is 0.302 e. The Morgan fingerprint density at radius 3 is 2.40 bits per heavy atom. The summed E-state index contributed by atoms with van der Waals surface area (Å²) in [5.41, 5.74) is -0.880. The Kier molecular flexibility index (Phi) is 5.16. The normalized spacial score (nSPS) is 44.8. The molecule has 5 saturated carbocycles. The lowest BCUT2D eigenvalue weighted by atomic mass is 9.35. The van der Waals surface area contributed by atoms with Gasteiger partial charge >= 0.3 is 11.9 Å². The number of rotatable bonds is 4. The van der Waals surface area contributed by atoms with E-state index in [9.17, 15) is 19.5 Å². The molecule has 166 valence electrons. The molecule has 1 N–H and O–H groups in total. The third-order valence-corrected chi connectivity index (χ3v) is 9.08. The molecule has 0 radical (unpaired) electrons. The van der Waals surface area contributed by atoms with Crippen molar-refractivity contribution in [1.29, 1.82) is 0 Å². The molecule has 6 heteroatoms. The molecule has 5 aliphatic rings. The van der Waals surface area contributed by atoms with Crippen molar-refractivity contribution in [3.8, 4) is 0 Å². The van der Waals surface area contributed by atoms with E-state index in [4.69, 9.17) is 9.47 Å². The van der Waals surface area contributed by atoms with Crippen molar-refractivity contribution in [1.82, 2.24) is 0 Å². The summed E-state index contributed by atoms with van der Waals surface area (Å²) in [5.74, 6) is -0.521. The summed E-state index contributed by atoms with van der Waals surface area (Å²) in [6, 6.07) is 0. The van der Waals surface area contributed by atoms with Crippen molar-refractivity contribution in [2.24, 2.45) is 34.0 Å². The first-order valence-electron chi connectivity index (χ1n) is 11.3. The van der Waals surface area contributed by atoms with Gasteiger partial charge in [0.2, 0.25) is 0 Å². The molecular formula is C24H34O6. The monoisotopic (exact) mass is 418 g/mol. The van der Waals surface area contributed by atoms with Gasteiger partial charge in [0, 0.05) is 24.7 Å². The Hall–Kier alpha value is -1.69. The van der Waals surface area contributed by atoms with Crippen LogP contribution in [0.5, 0.6) is 0 Å². The fourth-order valence-corrected chi connectivity index (χ4v) is 7.75. The second-order valence-corrected chi connectivity index (χ2v) is 10.5. The van der Waals surface area contributed by atoms with Crippen LogP contribution in [0.4, 0.5) is 0 Å². The highest BCUT2D eigenvalue weighted by Crippen LogP contribution is 2.71. The highest BCUT2D eigenvalue weighted by molar-refractivity contribution is 6.02. The number of carbonyl (C=O) groups is 3. The van der Waals surface area contributed by atoms with Gasteiger partial charge in [-0.1, -0.05) is 19.9 Å². The van der Waals surface area contributed by atoms with Crippen molar-refractivity contribution in [3.63, 3.8) is 0 Å². The van der Waals surface area contributed by atoms with Gasteiger partial charge < -0.3 is 14.6 Å². The number of carbonyl (C=O) groups excluding carboxylic acids is 3. The number of hydrogen-bond acceptors (Lipinski definition) is 6. The van der Waals surface area contributed by atoms with Crippen LogP contribution in [0.25, 0.3) is 0 Å². The molecule has 5 aliphatic carbocycles. The Morgan fingerprint density at radius 1 is 1.07 bits per heavy atom. The summed E-state index contributed by atoms with van der Waals surface area (Å²) in [6.45, 7) is 9.56. The van der Waals surface area contributed by atoms with Gasteiger partial charge in [0.15, 0.2) is 5.78 Å². The van der Waals surface area contributed by atoms with Crippen LogP contribution in [-0.2, 0) is 23.9 Å². The van der Waals surface area contributed by atoms with Crippen LogP contribution in [0.1, 0.15) is 65.7 Å². The first-order chi connectivity index (χ1) is 14.1. The van der Waals surface area contributed by atoms with Crippen LogP contribution in [0, 0.1) is 34.0 Å². The van der Waals surface area contributed by atoms with Crippen molar-refractivity contribution >= 4 is 17.7 Å². The van der Waals surface area contributed by atoms with Gasteiger partial charge in [-0.3, -0.25) is 14.4 Å². The zero-order valence-electron chi connectivity index (χ0n) is 18.4. The summed E-state index contributed by atoms with van der Waals surface area (Å²) in [5, 5.41) is 11.4. The molecule has 5 fully saturated rings. The number of aliphatic hydroxyl groups excluding tert-OH is 1. The second kappa shape index (κ2) is 7.18. The van der Waals surface area contributed by atoms with Crippen LogP contribution < -0.4 is 0 Å². The average molecular weight is 419 g/mol. The Morgan fingerprint density at radius 2 is 1.73 bits per heavy atom. The lowest BCUT2D eigenvalue weighted by molar-refractivity contribution is -0.237. The first-order valence-corrected chi connectivity index (χ1v) is 11.3. The Balaban J connectivity index is 1.80. The maximum Gasteiger partial charge on any atom is 0.302 e. The van der Waals surface area contributed by atoms with E-state index in [1.165, 1.54) is 13.8 Å². The molecule has 30 heavy (non-hydrogen) atoms. The predicted octanol–water partition coefficient (Wildman–Crippen LogP) is 3.21. The largest absolute Gasteiger partial charge is 0.465 e. The minimum atomic E-state index is -0.817. The highest BCUT2D eigenvalue weighted by Gasteiger charge is 2.71. The van der Waals surface area contributed by atoms with Gasteiger partial charge in [-0.2, -0.15) is 0 Å². The second-order valence-electron chi connectivity index (χ2n) is 10.5. The van der Waals surface area contributed by atoms with Gasteiger partial charge in [0.1, 0.15) is 0 Å². The van der Waals surface area contributed by atoms with Crippen LogP contribution in [-0.4, -0.2) is 42.1 Å². The fourth-order valence-electron chi connectivity index (χ4n) is 7.75. The van der Waals surface area contributed by atoms with Crippen LogP contribution in [0.2, 0.25) is 0 Å². The summed E-state index contributed by atoms with van der Waals surface area (Å²) in [4.78, 5) is 36.8. The molecule has 7 atom stereocenters. The van der Waals surface area contributed by atoms with Gasteiger partial charge in [-0.15, -0.1) is 0 Å². The number of aliphatic hydroxyl groups is 1. The molecule has 2 bridgehead atoms. The minimum absolute atomic E-state index is 0.00323. The van der Waals surface area contributed by atoms with Crippen LogP contribution in [0.15, 0.2) is 12.2 Å². The SMILES string of the molecule is C=C1C(=O)[C@]23CC[C@H]1CC2[C@]1(COC(C)=O)CCC[C@@](C)(COC(C)=O)C1C[C@H]3O. The number of fused-ring (bicyclic) bond motifs is 3. The van der Waals surface area contributed by atoms with Crippen molar-refractivity contribution in [3.05, 3.63) is 12.2 Å². The van der Waals surface area contributed by atoms with Crippen molar-refractivity contribution in [2.75, 3.05) is 13.2 Å². The molecule has 0 aliphatic heterocycles. The van der Waals surface area contributed by atoms with E-state index in [0.717, 1.165) is 32.1 Å². The Labute approximate surface area is 178 Å². The molecule has 0 heterocycles. The molecule has 0 amide bonds. The number of allylic oxidation sites excluding steroid dienone is 1. The Bertz CT molecular complexity index is 789. The molecular weight excluding hydrogens is 384 g/mol. The maximum atomic E-state index is 13.4. The fraction of sp³-hybridized carbons (Fsp3) is 0.792. The van der Waals surface area contributed by atoms with E-state index in [1.54, 1.807) is 0 Å². The zero-order chi connectivity index (χ0) is 21.9. The predicted molar refractivity (Wildman–Crippen MR) is 109 cm³/mol. The van der Waals surface area contributed by atoms with E-state index in [2.05, 4.69) is 13.5 Å². The standard InChI is InChI=1S/C24H34O6/c1-14-17-6-9-24(21(14)28)19(10-17)23(13-30-16(3)26)8-5-7-22(4,12-29-15(2)25)18(23)11-20(24)27/h17-20,27H,1,5-13H2,2-4H3/t17-,18?,19?,20+,22-,23-,24+/m0/s1. The van der Waals surface area contributed by atoms with E-state index >= 15 is 0 Å². The van der Waals surface area contributed by atoms with Crippen molar-refractivity contribution < 1.29 is 29.0 Å². The number of hydrogen-bond donors (Lipinski definition) is 1. The van der Waals surface area contributed by atoms with E-state index < -0.39 is 16.9 Å². The van der Waals surface area contributed by atoms with Gasteiger partial charge in [-0.25, -0.2) is 0 Å². The number of ether oxygens (including phenoxy) is 2. The van der Waals surface area contributed by atoms with E-state index in [0.29, 0.717) is 18.4 Å². The molecule has 6 nitrogen and oxygen atoms in total. The number of Topliss-reactive ketones (excluding diaryl/α,β-unsaturated/α-hetero) is 1. The first kappa shape index (κ1) is 21.5.